The van der Waals surface area contributed by atoms with E-state index in [-0.39, 0.29) is 16.7 Å². The molecule has 0 spiro atoms. The molecule has 1 saturated heterocycles. The fraction of sp³-hybridized carbons (Fsp3) is 0.0417. The van der Waals surface area contributed by atoms with Gasteiger partial charge in [-0.3, -0.25) is 9.59 Å². The van der Waals surface area contributed by atoms with Crippen molar-refractivity contribution in [2.45, 2.75) is 6.61 Å². The fourth-order valence-electron chi connectivity index (χ4n) is 3.00. The highest BCUT2D eigenvalue weighted by atomic mass is 35.5. The number of rotatable bonds is 6. The van der Waals surface area contributed by atoms with E-state index in [0.717, 1.165) is 27.8 Å². The Morgan fingerprint density at radius 3 is 2.25 bits per heavy atom. The van der Waals surface area contributed by atoms with Gasteiger partial charge in [-0.15, -0.1) is 0 Å². The number of halogens is 1. The topological polar surface area (TPSA) is 83.9 Å². The number of carbonyl (C=O) groups excluding carboxylic acids is 2. The fourth-order valence-corrected chi connectivity index (χ4v) is 3.97. The first-order chi connectivity index (χ1) is 15.4. The molecule has 0 unspecified atom stereocenters. The number of amides is 2. The smallest absolute Gasteiger partial charge is 0.335 e. The van der Waals surface area contributed by atoms with E-state index in [1.807, 2.05) is 0 Å². The first-order valence-electron chi connectivity index (χ1n) is 9.49. The van der Waals surface area contributed by atoms with E-state index in [1.165, 1.54) is 12.1 Å². The minimum atomic E-state index is -0.973. The van der Waals surface area contributed by atoms with E-state index in [2.05, 4.69) is 0 Å². The highest BCUT2D eigenvalue weighted by Gasteiger charge is 2.36. The normalized spacial score (nSPS) is 14.8. The minimum Gasteiger partial charge on any atom is -0.489 e. The maximum Gasteiger partial charge on any atom is 0.335 e. The Morgan fingerprint density at radius 1 is 0.969 bits per heavy atom. The number of carboxylic acids is 1. The highest BCUT2D eigenvalue weighted by molar-refractivity contribution is 8.19. The molecule has 6 nitrogen and oxygen atoms in total. The number of anilines is 1. The van der Waals surface area contributed by atoms with Gasteiger partial charge in [-0.2, -0.15) is 0 Å². The zero-order chi connectivity index (χ0) is 22.7. The molecule has 0 aromatic heterocycles. The van der Waals surface area contributed by atoms with E-state index in [0.29, 0.717) is 28.0 Å². The van der Waals surface area contributed by atoms with Crippen molar-refractivity contribution in [2.24, 2.45) is 0 Å². The molecule has 1 N–H and O–H groups in total. The van der Waals surface area contributed by atoms with E-state index in [9.17, 15) is 14.4 Å². The van der Waals surface area contributed by atoms with Crippen LogP contribution >= 0.6 is 23.4 Å². The van der Waals surface area contributed by atoms with Crippen LogP contribution in [0.1, 0.15) is 21.5 Å². The molecule has 0 saturated carbocycles. The van der Waals surface area contributed by atoms with Crippen LogP contribution < -0.4 is 9.64 Å². The van der Waals surface area contributed by atoms with Gasteiger partial charge in [-0.1, -0.05) is 35.9 Å². The number of carboxylic acid groups (broad SMARTS) is 1. The third-order valence-electron chi connectivity index (χ3n) is 4.66. The highest BCUT2D eigenvalue weighted by Crippen LogP contribution is 2.36. The van der Waals surface area contributed by atoms with Crippen molar-refractivity contribution in [1.29, 1.82) is 0 Å². The van der Waals surface area contributed by atoms with E-state index in [4.69, 9.17) is 21.4 Å². The lowest BCUT2D eigenvalue weighted by atomic mass is 10.1. The number of hydrogen-bond acceptors (Lipinski definition) is 5. The van der Waals surface area contributed by atoms with Crippen LogP contribution in [0.4, 0.5) is 10.5 Å². The van der Waals surface area contributed by atoms with Crippen molar-refractivity contribution in [3.8, 4) is 5.75 Å². The standard InChI is InChI=1S/C24H16ClNO5S/c25-18-7-9-19(10-8-18)26-22(27)21(32-24(26)30)13-15-3-11-20(12-4-15)31-14-16-1-5-17(6-2-16)23(28)29/h1-13H,14H2,(H,28,29)/b21-13+. The Balaban J connectivity index is 1.41. The summed E-state index contributed by atoms with van der Waals surface area (Å²) in [5.74, 6) is -0.731. The van der Waals surface area contributed by atoms with Crippen LogP contribution in [-0.4, -0.2) is 22.2 Å². The second-order valence-electron chi connectivity index (χ2n) is 6.85. The van der Waals surface area contributed by atoms with Gasteiger partial charge < -0.3 is 9.84 Å². The Kier molecular flexibility index (Phi) is 6.30. The molecule has 1 fully saturated rings. The number of hydrogen-bond donors (Lipinski definition) is 1. The average Bonchev–Trinajstić information content (AvgIpc) is 3.07. The van der Waals surface area contributed by atoms with Crippen LogP contribution in [0, 0.1) is 0 Å². The van der Waals surface area contributed by atoms with Crippen LogP contribution in [0.5, 0.6) is 5.75 Å². The molecule has 3 aromatic carbocycles. The Bertz CT molecular complexity index is 1200. The van der Waals surface area contributed by atoms with Gasteiger partial charge in [0.15, 0.2) is 0 Å². The average molecular weight is 466 g/mol. The molecule has 1 aliphatic rings. The zero-order valence-electron chi connectivity index (χ0n) is 16.5. The van der Waals surface area contributed by atoms with Crippen molar-refractivity contribution in [3.63, 3.8) is 0 Å². The molecule has 32 heavy (non-hydrogen) atoms. The van der Waals surface area contributed by atoms with Gasteiger partial charge in [-0.05, 0) is 77.5 Å². The van der Waals surface area contributed by atoms with Gasteiger partial charge in [0.25, 0.3) is 11.1 Å². The maximum absolute atomic E-state index is 12.7. The molecule has 0 aliphatic carbocycles. The summed E-state index contributed by atoms with van der Waals surface area (Å²) in [5.41, 5.74) is 2.29. The lowest BCUT2D eigenvalue weighted by Gasteiger charge is -2.12. The van der Waals surface area contributed by atoms with Crippen LogP contribution in [0.15, 0.2) is 77.7 Å². The summed E-state index contributed by atoms with van der Waals surface area (Å²) >= 11 is 6.76. The van der Waals surface area contributed by atoms with Gasteiger partial charge in [-0.25, -0.2) is 9.69 Å². The summed E-state index contributed by atoms with van der Waals surface area (Å²) in [4.78, 5) is 37.4. The Labute approximate surface area is 193 Å². The second-order valence-corrected chi connectivity index (χ2v) is 8.28. The van der Waals surface area contributed by atoms with Crippen molar-refractivity contribution in [3.05, 3.63) is 99.4 Å². The number of thioether (sulfide) groups is 1. The molecule has 0 bridgehead atoms. The third-order valence-corrected chi connectivity index (χ3v) is 5.78. The molecule has 160 valence electrons. The predicted molar refractivity (Wildman–Crippen MR) is 124 cm³/mol. The van der Waals surface area contributed by atoms with Crippen molar-refractivity contribution in [1.82, 2.24) is 0 Å². The molecular weight excluding hydrogens is 450 g/mol. The quantitative estimate of drug-likeness (QED) is 0.459. The van der Waals surface area contributed by atoms with Gasteiger partial charge in [0.1, 0.15) is 12.4 Å². The van der Waals surface area contributed by atoms with Crippen LogP contribution in [0.3, 0.4) is 0 Å². The first kappa shape index (κ1) is 21.7. The Morgan fingerprint density at radius 2 is 1.62 bits per heavy atom. The molecule has 1 heterocycles. The minimum absolute atomic E-state index is 0.221. The van der Waals surface area contributed by atoms with Gasteiger partial charge in [0.2, 0.25) is 0 Å². The molecule has 8 heteroatoms. The summed E-state index contributed by atoms with van der Waals surface area (Å²) in [6.45, 7) is 0.291. The van der Waals surface area contributed by atoms with Crippen molar-refractivity contribution >= 4 is 52.2 Å². The van der Waals surface area contributed by atoms with E-state index >= 15 is 0 Å². The monoisotopic (exact) mass is 465 g/mol. The summed E-state index contributed by atoms with van der Waals surface area (Å²) in [6, 6.07) is 20.1. The van der Waals surface area contributed by atoms with E-state index in [1.54, 1.807) is 66.7 Å². The maximum atomic E-state index is 12.7. The molecule has 0 radical (unpaired) electrons. The van der Waals surface area contributed by atoms with Crippen LogP contribution in [0.25, 0.3) is 6.08 Å². The molecule has 1 aliphatic heterocycles. The van der Waals surface area contributed by atoms with Gasteiger partial charge in [0, 0.05) is 5.02 Å². The number of ether oxygens (including phenoxy) is 1. The lowest BCUT2D eigenvalue weighted by Crippen LogP contribution is -2.27. The summed E-state index contributed by atoms with van der Waals surface area (Å²) in [5, 5.41) is 9.10. The molecule has 4 rings (SSSR count). The molecule has 3 aromatic rings. The molecule has 0 atom stereocenters. The summed E-state index contributed by atoms with van der Waals surface area (Å²) in [7, 11) is 0. The summed E-state index contributed by atoms with van der Waals surface area (Å²) in [6.07, 6.45) is 1.66. The first-order valence-corrected chi connectivity index (χ1v) is 10.7. The van der Waals surface area contributed by atoms with Crippen molar-refractivity contribution in [2.75, 3.05) is 4.90 Å². The van der Waals surface area contributed by atoms with Crippen LogP contribution in [0.2, 0.25) is 5.02 Å². The Hall–Kier alpha value is -3.55. The van der Waals surface area contributed by atoms with E-state index < -0.39 is 5.97 Å². The SMILES string of the molecule is O=C(O)c1ccc(COc2ccc(/C=C3/SC(=O)N(c4ccc(Cl)cc4)C3=O)cc2)cc1. The van der Waals surface area contributed by atoms with Gasteiger partial charge >= 0.3 is 5.97 Å². The number of imide groups is 1. The second kappa shape index (κ2) is 9.30. The number of nitrogens with zero attached hydrogens (tertiary/aromatic N) is 1. The van der Waals surface area contributed by atoms with Crippen LogP contribution in [-0.2, 0) is 11.4 Å². The lowest BCUT2D eigenvalue weighted by molar-refractivity contribution is -0.113. The molecular formula is C24H16ClNO5S. The third kappa shape index (κ3) is 4.85. The van der Waals surface area contributed by atoms with Crippen molar-refractivity contribution < 1.29 is 24.2 Å². The largest absolute Gasteiger partial charge is 0.489 e. The summed E-state index contributed by atoms with van der Waals surface area (Å²) < 4.78 is 5.73. The zero-order valence-corrected chi connectivity index (χ0v) is 18.1. The molecule has 2 amide bonds. The van der Waals surface area contributed by atoms with Gasteiger partial charge in [0.05, 0.1) is 16.2 Å². The number of aromatic carboxylic acids is 1. The number of carbonyl (C=O) groups is 3. The number of benzene rings is 3. The predicted octanol–water partition coefficient (Wildman–Crippen LogP) is 5.86.